The Balaban J connectivity index is 1.83. The van der Waals surface area contributed by atoms with Gasteiger partial charge in [0.25, 0.3) is 11.5 Å². The fraction of sp³-hybridized carbons (Fsp3) is 0.111. The fourth-order valence-corrected chi connectivity index (χ4v) is 3.53. The Bertz CT molecular complexity index is 1580. The number of carbonyl (C=O) groups is 1. The molecule has 2 aromatic carbocycles. The molecule has 35 heavy (non-hydrogen) atoms. The molecule has 0 radical (unpaired) electrons. The number of nitrogens with zero attached hydrogens (tertiary/aromatic N) is 3. The summed E-state index contributed by atoms with van der Waals surface area (Å²) in [5.74, 6) is -0.269. The Kier molecular flexibility index (Phi) is 6.67. The predicted octanol–water partition coefficient (Wildman–Crippen LogP) is 5.61. The Hall–Kier alpha value is -4.41. The molecule has 0 unspecified atom stereocenters. The number of amides is 1. The largest absolute Gasteiger partial charge is 0.438 e. The summed E-state index contributed by atoms with van der Waals surface area (Å²) in [7, 11) is 0. The molecule has 4 aromatic rings. The number of pyridine rings is 1. The number of nitrogens with one attached hydrogen (secondary N) is 1. The molecule has 0 spiro atoms. The molecule has 7 nitrogen and oxygen atoms in total. The normalized spacial score (nSPS) is 11.2. The standard InChI is InChI=1S/C27H21ClN4O3/c1-16-6-8-20(9-7-16)30-25(33)19(15-29)14-22-26(35-21-10-11-23(28)18(3)13-21)31-24-17(2)5-4-12-32(24)27(22)34/h4-14H,1-3H3,(H,30,33). The van der Waals surface area contributed by atoms with Gasteiger partial charge in [-0.15, -0.1) is 0 Å². The highest BCUT2D eigenvalue weighted by Gasteiger charge is 2.18. The van der Waals surface area contributed by atoms with Crippen molar-refractivity contribution < 1.29 is 9.53 Å². The van der Waals surface area contributed by atoms with E-state index in [2.05, 4.69) is 10.3 Å². The molecule has 0 saturated heterocycles. The number of fused-ring (bicyclic) bond motifs is 1. The first kappa shape index (κ1) is 23.7. The van der Waals surface area contributed by atoms with E-state index in [1.807, 2.05) is 45.0 Å². The van der Waals surface area contributed by atoms with Crippen molar-refractivity contribution in [2.75, 3.05) is 5.32 Å². The van der Waals surface area contributed by atoms with Crippen LogP contribution in [-0.4, -0.2) is 15.3 Å². The summed E-state index contributed by atoms with van der Waals surface area (Å²) in [6, 6.07) is 17.6. The van der Waals surface area contributed by atoms with Gasteiger partial charge in [-0.2, -0.15) is 10.2 Å². The SMILES string of the molecule is Cc1ccc(NC(=O)C(C#N)=Cc2c(Oc3ccc(Cl)c(C)c3)nc3c(C)cccn3c2=O)cc1. The summed E-state index contributed by atoms with van der Waals surface area (Å²) < 4.78 is 7.33. The van der Waals surface area contributed by atoms with Crippen molar-refractivity contribution in [2.45, 2.75) is 20.8 Å². The van der Waals surface area contributed by atoms with Crippen LogP contribution in [0.3, 0.4) is 0 Å². The molecule has 0 aliphatic heterocycles. The van der Waals surface area contributed by atoms with Gasteiger partial charge in [0.05, 0.1) is 0 Å². The molecule has 0 aliphatic rings. The molecule has 174 valence electrons. The quantitative estimate of drug-likeness (QED) is 0.293. The van der Waals surface area contributed by atoms with Crippen LogP contribution in [0.4, 0.5) is 5.69 Å². The van der Waals surface area contributed by atoms with E-state index < -0.39 is 11.5 Å². The second kappa shape index (κ2) is 9.84. The number of hydrogen-bond donors (Lipinski definition) is 1. The van der Waals surface area contributed by atoms with E-state index in [0.29, 0.717) is 22.1 Å². The van der Waals surface area contributed by atoms with E-state index in [9.17, 15) is 14.9 Å². The molecule has 0 saturated carbocycles. The molecule has 8 heteroatoms. The number of benzene rings is 2. The van der Waals surface area contributed by atoms with E-state index in [4.69, 9.17) is 16.3 Å². The third-order valence-electron chi connectivity index (χ3n) is 5.36. The maximum atomic E-state index is 13.4. The number of hydrogen-bond acceptors (Lipinski definition) is 5. The minimum absolute atomic E-state index is 0.0260. The lowest BCUT2D eigenvalue weighted by molar-refractivity contribution is -0.112. The number of nitriles is 1. The number of ether oxygens (including phenoxy) is 1. The second-order valence-electron chi connectivity index (χ2n) is 8.02. The Morgan fingerprint density at radius 3 is 2.54 bits per heavy atom. The number of aromatic nitrogens is 2. The van der Waals surface area contributed by atoms with Crippen LogP contribution >= 0.6 is 11.6 Å². The van der Waals surface area contributed by atoms with Crippen molar-refractivity contribution in [2.24, 2.45) is 0 Å². The van der Waals surface area contributed by atoms with Crippen LogP contribution in [0.1, 0.15) is 22.3 Å². The number of anilines is 1. The Morgan fingerprint density at radius 1 is 1.11 bits per heavy atom. The zero-order chi connectivity index (χ0) is 25.1. The van der Waals surface area contributed by atoms with E-state index in [1.54, 1.807) is 42.6 Å². The van der Waals surface area contributed by atoms with Crippen LogP contribution in [0.15, 0.2) is 71.2 Å². The third kappa shape index (κ3) is 5.08. The number of aryl methyl sites for hydroxylation is 3. The van der Waals surface area contributed by atoms with Crippen molar-refractivity contribution in [3.63, 3.8) is 0 Å². The van der Waals surface area contributed by atoms with E-state index >= 15 is 0 Å². The average Bonchev–Trinajstić information content (AvgIpc) is 2.83. The van der Waals surface area contributed by atoms with Crippen molar-refractivity contribution in [1.82, 2.24) is 9.38 Å². The first-order valence-corrected chi connectivity index (χ1v) is 11.1. The molecule has 0 fully saturated rings. The van der Waals surface area contributed by atoms with Gasteiger partial charge in [-0.05, 0) is 74.4 Å². The maximum Gasteiger partial charge on any atom is 0.269 e. The van der Waals surface area contributed by atoms with Gasteiger partial charge < -0.3 is 10.1 Å². The highest BCUT2D eigenvalue weighted by molar-refractivity contribution is 6.31. The maximum absolute atomic E-state index is 13.4. The molecule has 0 atom stereocenters. The number of rotatable bonds is 5. The van der Waals surface area contributed by atoms with Crippen molar-refractivity contribution in [1.29, 1.82) is 5.26 Å². The first-order chi connectivity index (χ1) is 16.8. The van der Waals surface area contributed by atoms with Crippen molar-refractivity contribution in [3.05, 3.63) is 104 Å². The molecular weight excluding hydrogens is 464 g/mol. The highest BCUT2D eigenvalue weighted by atomic mass is 35.5. The van der Waals surface area contributed by atoms with Crippen LogP contribution in [0.5, 0.6) is 11.6 Å². The van der Waals surface area contributed by atoms with Crippen LogP contribution in [0.25, 0.3) is 11.7 Å². The fourth-order valence-electron chi connectivity index (χ4n) is 3.41. The van der Waals surface area contributed by atoms with Gasteiger partial charge in [0.15, 0.2) is 0 Å². The molecule has 0 bridgehead atoms. The summed E-state index contributed by atoms with van der Waals surface area (Å²) in [6.45, 7) is 5.58. The zero-order valence-corrected chi connectivity index (χ0v) is 20.1. The van der Waals surface area contributed by atoms with Gasteiger partial charge >= 0.3 is 0 Å². The Morgan fingerprint density at radius 2 is 1.86 bits per heavy atom. The minimum Gasteiger partial charge on any atom is -0.438 e. The van der Waals surface area contributed by atoms with Gasteiger partial charge in [0, 0.05) is 16.9 Å². The Labute approximate surface area is 206 Å². The second-order valence-corrected chi connectivity index (χ2v) is 8.43. The summed E-state index contributed by atoms with van der Waals surface area (Å²) in [4.78, 5) is 30.8. The lowest BCUT2D eigenvalue weighted by atomic mass is 10.1. The molecule has 0 aliphatic carbocycles. The smallest absolute Gasteiger partial charge is 0.269 e. The zero-order valence-electron chi connectivity index (χ0n) is 19.3. The van der Waals surface area contributed by atoms with E-state index in [-0.39, 0.29) is 17.0 Å². The van der Waals surface area contributed by atoms with Gasteiger partial charge in [-0.3, -0.25) is 14.0 Å². The van der Waals surface area contributed by atoms with Gasteiger partial charge in [0.2, 0.25) is 5.88 Å². The summed E-state index contributed by atoms with van der Waals surface area (Å²) in [5.41, 5.74) is 2.72. The van der Waals surface area contributed by atoms with Crippen molar-refractivity contribution >= 4 is 34.9 Å². The molecule has 1 amide bonds. The lowest BCUT2D eigenvalue weighted by Gasteiger charge is -2.12. The van der Waals surface area contributed by atoms with Gasteiger partial charge in [-0.25, -0.2) is 0 Å². The third-order valence-corrected chi connectivity index (χ3v) is 5.78. The van der Waals surface area contributed by atoms with Crippen molar-refractivity contribution in [3.8, 4) is 17.7 Å². The monoisotopic (exact) mass is 484 g/mol. The molecule has 2 heterocycles. The summed E-state index contributed by atoms with van der Waals surface area (Å²) >= 11 is 6.12. The first-order valence-electron chi connectivity index (χ1n) is 10.7. The van der Waals surface area contributed by atoms with Crippen LogP contribution in [0.2, 0.25) is 5.02 Å². The molecular formula is C27H21ClN4O3. The van der Waals surface area contributed by atoms with Crippen LogP contribution < -0.4 is 15.6 Å². The van der Waals surface area contributed by atoms with Crippen LogP contribution in [-0.2, 0) is 4.79 Å². The summed E-state index contributed by atoms with van der Waals surface area (Å²) in [5, 5.41) is 13.0. The topological polar surface area (TPSA) is 96.5 Å². The average molecular weight is 485 g/mol. The van der Waals surface area contributed by atoms with Crippen LogP contribution in [0, 0.1) is 32.1 Å². The summed E-state index contributed by atoms with van der Waals surface area (Å²) in [6.07, 6.45) is 2.77. The van der Waals surface area contributed by atoms with Gasteiger partial charge in [-0.1, -0.05) is 35.4 Å². The van der Waals surface area contributed by atoms with Gasteiger partial charge in [0.1, 0.15) is 28.6 Å². The number of carbonyl (C=O) groups excluding carboxylic acids is 1. The van der Waals surface area contributed by atoms with E-state index in [1.165, 1.54) is 10.5 Å². The highest BCUT2D eigenvalue weighted by Crippen LogP contribution is 2.28. The lowest BCUT2D eigenvalue weighted by Crippen LogP contribution is -2.20. The predicted molar refractivity (Wildman–Crippen MR) is 136 cm³/mol. The van der Waals surface area contributed by atoms with E-state index in [0.717, 1.165) is 16.7 Å². The number of halogens is 1. The molecule has 2 aromatic heterocycles. The molecule has 1 N–H and O–H groups in total. The minimum atomic E-state index is -0.654. The molecule has 4 rings (SSSR count).